The summed E-state index contributed by atoms with van der Waals surface area (Å²) in [5.41, 5.74) is 1.22. The SMILES string of the molecule is OCC(O)CC[c-]1cccc1.[Fe].[cH-]1[cH-][cH-][cH-][cH-]1. The molecule has 0 aliphatic heterocycles. The van der Waals surface area contributed by atoms with Crippen molar-refractivity contribution in [1.82, 2.24) is 0 Å². The second-order valence-electron chi connectivity index (χ2n) is 3.63. The first kappa shape index (κ1) is 16.1. The molecule has 0 fully saturated rings. The van der Waals surface area contributed by atoms with E-state index in [4.69, 9.17) is 10.2 Å². The molecule has 2 N–H and O–H groups in total. The van der Waals surface area contributed by atoms with Gasteiger partial charge >= 0.3 is 0 Å². The van der Waals surface area contributed by atoms with Crippen molar-refractivity contribution in [3.05, 3.63) is 60.2 Å². The van der Waals surface area contributed by atoms with Crippen LogP contribution in [-0.4, -0.2) is 22.9 Å². The van der Waals surface area contributed by atoms with E-state index < -0.39 is 6.10 Å². The summed E-state index contributed by atoms with van der Waals surface area (Å²) in [4.78, 5) is 0. The Bertz CT molecular complexity index is 310. The second kappa shape index (κ2) is 10.3. The maximum absolute atomic E-state index is 9.01. The Labute approximate surface area is 113 Å². The fourth-order valence-electron chi connectivity index (χ4n) is 1.33. The van der Waals surface area contributed by atoms with Crippen LogP contribution in [0, 0.1) is 0 Å². The fourth-order valence-corrected chi connectivity index (χ4v) is 1.33. The van der Waals surface area contributed by atoms with Gasteiger partial charge in [0.05, 0.1) is 12.7 Å². The number of aliphatic hydroxyl groups is 2. The molecular formula is C14H18FeO2-6. The Morgan fingerprint density at radius 1 is 1.00 bits per heavy atom. The zero-order valence-electron chi connectivity index (χ0n) is 9.64. The predicted molar refractivity (Wildman–Crippen MR) is 65.5 cm³/mol. The van der Waals surface area contributed by atoms with Gasteiger partial charge in [0, 0.05) is 17.1 Å². The molecule has 0 aliphatic carbocycles. The average molecular weight is 274 g/mol. The molecule has 0 saturated carbocycles. The molecule has 2 aromatic carbocycles. The Kier molecular flexibility index (Phi) is 9.78. The summed E-state index contributed by atoms with van der Waals surface area (Å²) in [6.07, 6.45) is 0.916. The topological polar surface area (TPSA) is 40.5 Å². The van der Waals surface area contributed by atoms with Gasteiger partial charge in [0.25, 0.3) is 0 Å². The largest absolute Gasteiger partial charge is 0.748 e. The molecule has 100 valence electrons. The van der Waals surface area contributed by atoms with Crippen molar-refractivity contribution >= 4 is 0 Å². The summed E-state index contributed by atoms with van der Waals surface area (Å²) < 4.78 is 0. The number of rotatable bonds is 4. The smallest absolute Gasteiger partial charge is 0.0764 e. The van der Waals surface area contributed by atoms with Gasteiger partial charge in [-0.2, -0.15) is 17.7 Å². The second-order valence-corrected chi connectivity index (χ2v) is 3.63. The summed E-state index contributed by atoms with van der Waals surface area (Å²) in [5, 5.41) is 17.5. The average Bonchev–Trinajstić information content (AvgIpc) is 3.00. The van der Waals surface area contributed by atoms with E-state index in [9.17, 15) is 0 Å². The first-order chi connectivity index (χ1) is 7.83. The van der Waals surface area contributed by atoms with Gasteiger partial charge in [-0.25, -0.2) is 12.1 Å². The van der Waals surface area contributed by atoms with Gasteiger partial charge in [0.2, 0.25) is 0 Å². The van der Waals surface area contributed by atoms with Crippen LogP contribution >= 0.6 is 0 Å². The van der Waals surface area contributed by atoms with E-state index in [2.05, 4.69) is 0 Å². The molecule has 17 heavy (non-hydrogen) atoms. The molecule has 0 spiro atoms. The minimum Gasteiger partial charge on any atom is -0.748 e. The normalized spacial score (nSPS) is 10.9. The number of hydrogen-bond donors (Lipinski definition) is 2. The van der Waals surface area contributed by atoms with E-state index in [1.807, 2.05) is 54.6 Å². The van der Waals surface area contributed by atoms with Gasteiger partial charge in [-0.1, -0.05) is 6.42 Å². The molecule has 0 radical (unpaired) electrons. The van der Waals surface area contributed by atoms with Crippen molar-refractivity contribution in [3.63, 3.8) is 0 Å². The first-order valence-electron chi connectivity index (χ1n) is 5.49. The molecule has 2 nitrogen and oxygen atoms in total. The maximum Gasteiger partial charge on any atom is 0.0764 e. The van der Waals surface area contributed by atoms with Crippen LogP contribution in [0.2, 0.25) is 0 Å². The third kappa shape index (κ3) is 7.94. The van der Waals surface area contributed by atoms with E-state index in [1.54, 1.807) is 0 Å². The van der Waals surface area contributed by atoms with E-state index in [0.717, 1.165) is 6.42 Å². The summed E-state index contributed by atoms with van der Waals surface area (Å²) in [6.45, 7) is -0.138. The summed E-state index contributed by atoms with van der Waals surface area (Å²) in [5.74, 6) is 0. The zero-order valence-corrected chi connectivity index (χ0v) is 10.7. The number of aryl methyl sites for hydroxylation is 1. The summed E-state index contributed by atoms with van der Waals surface area (Å²) in [6, 6.07) is 18.0. The van der Waals surface area contributed by atoms with Crippen LogP contribution in [0.5, 0.6) is 0 Å². The Hall–Kier alpha value is -0.861. The summed E-state index contributed by atoms with van der Waals surface area (Å²) in [7, 11) is 0. The molecule has 1 unspecified atom stereocenters. The number of hydrogen-bond acceptors (Lipinski definition) is 2. The third-order valence-corrected chi connectivity index (χ3v) is 2.26. The Morgan fingerprint density at radius 3 is 1.88 bits per heavy atom. The van der Waals surface area contributed by atoms with Gasteiger partial charge < -0.3 is 40.5 Å². The molecule has 0 heterocycles. The van der Waals surface area contributed by atoms with Crippen molar-refractivity contribution in [2.45, 2.75) is 18.9 Å². The predicted octanol–water partition coefficient (Wildman–Crippen LogP) is 2.09. The van der Waals surface area contributed by atoms with Gasteiger partial charge in [-0.3, -0.25) is 0 Å². The van der Waals surface area contributed by atoms with Gasteiger partial charge in [-0.05, 0) is 6.42 Å². The molecule has 0 aliphatic rings. The maximum atomic E-state index is 9.01. The molecule has 2 rings (SSSR count). The molecule has 3 heteroatoms. The summed E-state index contributed by atoms with van der Waals surface area (Å²) >= 11 is 0. The third-order valence-electron chi connectivity index (χ3n) is 2.26. The van der Waals surface area contributed by atoms with Crippen molar-refractivity contribution < 1.29 is 27.3 Å². The van der Waals surface area contributed by atoms with Crippen LogP contribution < -0.4 is 0 Å². The molecule has 2 aromatic rings. The standard InChI is InChI=1S/C9H13O2.C5H5.Fe/c10-7-9(11)6-5-8-3-1-2-4-8;1-2-4-5-3-1;/h1-4,9-11H,5-7H2;1-5H;/q-1;-5;. The van der Waals surface area contributed by atoms with E-state index >= 15 is 0 Å². The van der Waals surface area contributed by atoms with Gasteiger partial charge in [-0.15, -0.1) is 0 Å². The van der Waals surface area contributed by atoms with Crippen LogP contribution in [0.3, 0.4) is 0 Å². The van der Waals surface area contributed by atoms with Crippen molar-refractivity contribution in [3.8, 4) is 0 Å². The number of aliphatic hydroxyl groups excluding tert-OH is 2. The molecule has 0 saturated heterocycles. The Balaban J connectivity index is 0.000000360. The van der Waals surface area contributed by atoms with E-state index in [1.165, 1.54) is 5.56 Å². The molecule has 0 amide bonds. The molecule has 1 atom stereocenters. The van der Waals surface area contributed by atoms with E-state index in [-0.39, 0.29) is 23.7 Å². The minimum atomic E-state index is -0.565. The quantitative estimate of drug-likeness (QED) is 0.662. The Morgan fingerprint density at radius 2 is 1.47 bits per heavy atom. The van der Waals surface area contributed by atoms with Crippen LogP contribution in [-0.2, 0) is 23.5 Å². The molecular weight excluding hydrogens is 256 g/mol. The first-order valence-corrected chi connectivity index (χ1v) is 5.49. The molecule has 0 bridgehead atoms. The van der Waals surface area contributed by atoms with Crippen LogP contribution in [0.1, 0.15) is 12.0 Å². The monoisotopic (exact) mass is 274 g/mol. The minimum absolute atomic E-state index is 0. The van der Waals surface area contributed by atoms with Gasteiger partial charge in [0.15, 0.2) is 0 Å². The zero-order chi connectivity index (χ0) is 11.6. The molecule has 0 aromatic heterocycles. The van der Waals surface area contributed by atoms with Crippen LogP contribution in [0.15, 0.2) is 54.6 Å². The van der Waals surface area contributed by atoms with Gasteiger partial charge in [0.1, 0.15) is 0 Å². The van der Waals surface area contributed by atoms with Crippen molar-refractivity contribution in [2.24, 2.45) is 0 Å². The van der Waals surface area contributed by atoms with Crippen molar-refractivity contribution in [1.29, 1.82) is 0 Å². The van der Waals surface area contributed by atoms with Crippen LogP contribution in [0.25, 0.3) is 0 Å². The van der Waals surface area contributed by atoms with E-state index in [0.29, 0.717) is 6.42 Å². The fraction of sp³-hybridized carbons (Fsp3) is 0.286. The van der Waals surface area contributed by atoms with Crippen LogP contribution in [0.4, 0.5) is 0 Å². The van der Waals surface area contributed by atoms with Crippen molar-refractivity contribution in [2.75, 3.05) is 6.61 Å².